The highest BCUT2D eigenvalue weighted by atomic mass is 31.2. The summed E-state index contributed by atoms with van der Waals surface area (Å²) in [4.78, 5) is 51.4. The molecule has 1 saturated heterocycles. The molecule has 1 fully saturated rings. The zero-order chi connectivity index (χ0) is 30.3. The van der Waals surface area contributed by atoms with Crippen LogP contribution in [-0.4, -0.2) is 71.2 Å². The van der Waals surface area contributed by atoms with Crippen LogP contribution in [0, 0.1) is 5.41 Å². The van der Waals surface area contributed by atoms with Crippen LogP contribution in [0.15, 0.2) is 60.7 Å². The number of imide groups is 1. The lowest BCUT2D eigenvalue weighted by atomic mass is 9.98. The minimum Gasteiger partial charge on any atom is -0.438 e. The predicted octanol–water partition coefficient (Wildman–Crippen LogP) is 5.07. The number of carboxylic acid groups (broad SMARTS) is 1. The third kappa shape index (κ3) is 8.35. The van der Waals surface area contributed by atoms with Crippen LogP contribution in [0.5, 0.6) is 0 Å². The van der Waals surface area contributed by atoms with E-state index in [9.17, 15) is 28.8 Å². The number of benzene rings is 2. The van der Waals surface area contributed by atoms with Gasteiger partial charge in [0, 0.05) is 30.6 Å². The average Bonchev–Trinajstić information content (AvgIpc) is 3.31. The number of amides is 3. The molecule has 0 bridgehead atoms. The molecular formula is C30H40N2O8P+. The van der Waals surface area contributed by atoms with Crippen molar-refractivity contribution in [3.8, 4) is 0 Å². The SMILES string of the molecule is CC1CCC[N@@+]1(C(=O)O)C(=O)CP(=O)(CC(Cc1ccccc1)NC(=O)c1ccccc1)OCOC(=O)C(C)(C)C. The number of carbonyl (C=O) groups is 4. The van der Waals surface area contributed by atoms with Crippen LogP contribution in [-0.2, 0) is 29.8 Å². The molecule has 3 rings (SSSR count). The van der Waals surface area contributed by atoms with Gasteiger partial charge in [-0.1, -0.05) is 48.5 Å². The Labute approximate surface area is 241 Å². The fourth-order valence-electron chi connectivity index (χ4n) is 4.98. The summed E-state index contributed by atoms with van der Waals surface area (Å²) in [6.07, 6.45) is -0.897. The van der Waals surface area contributed by atoms with Gasteiger partial charge >= 0.3 is 18.0 Å². The smallest absolute Gasteiger partial charge is 0.438 e. The Kier molecular flexibility index (Phi) is 10.6. The standard InChI is InChI=1S/C30H39N2O8P/c1-22-12-11-17-32(22,29(36)37)26(33)20-41(38,40-21-39-28(35)30(2,3)4)19-25(18-23-13-7-5-8-14-23)31-27(34)24-15-9-6-10-16-24/h5-10,13-16,22,25H,11-12,17-21H2,1-4H3,(H-,31,34,36,37)/p+1/t22?,25?,32-,41?/m0/s1. The van der Waals surface area contributed by atoms with Gasteiger partial charge in [-0.25, -0.2) is 4.79 Å². The van der Waals surface area contributed by atoms with E-state index in [0.29, 0.717) is 18.4 Å². The summed E-state index contributed by atoms with van der Waals surface area (Å²) < 4.78 is 24.5. The molecule has 1 aliphatic heterocycles. The first-order valence-electron chi connectivity index (χ1n) is 13.7. The number of likely N-dealkylation sites (tertiary alicyclic amines) is 1. The molecule has 2 aromatic rings. The molecule has 0 radical (unpaired) electrons. The second-order valence-corrected chi connectivity index (χ2v) is 14.1. The third-order valence-corrected chi connectivity index (χ3v) is 9.66. The number of hydrogen-bond donors (Lipinski definition) is 2. The maximum absolute atomic E-state index is 14.4. The summed E-state index contributed by atoms with van der Waals surface area (Å²) in [6.45, 7) is 6.07. The van der Waals surface area contributed by atoms with E-state index in [-0.39, 0.29) is 19.1 Å². The van der Waals surface area contributed by atoms with Crippen molar-refractivity contribution in [1.82, 2.24) is 5.32 Å². The molecule has 0 aliphatic carbocycles. The van der Waals surface area contributed by atoms with Gasteiger partial charge in [0.05, 0.1) is 12.0 Å². The Morgan fingerprint density at radius 3 is 2.20 bits per heavy atom. The van der Waals surface area contributed by atoms with Gasteiger partial charge in [0.1, 0.15) is 12.2 Å². The number of carbonyl (C=O) groups excluding carboxylic acids is 3. The zero-order valence-corrected chi connectivity index (χ0v) is 25.0. The Hall–Kier alpha value is -3.33. The van der Waals surface area contributed by atoms with E-state index >= 15 is 0 Å². The van der Waals surface area contributed by atoms with Crippen molar-refractivity contribution < 1.29 is 42.6 Å². The summed E-state index contributed by atoms with van der Waals surface area (Å²) in [5, 5.41) is 13.0. The van der Waals surface area contributed by atoms with E-state index in [0.717, 1.165) is 5.56 Å². The lowest BCUT2D eigenvalue weighted by Crippen LogP contribution is -2.59. The van der Waals surface area contributed by atoms with Crippen LogP contribution in [0.25, 0.3) is 0 Å². The van der Waals surface area contributed by atoms with Crippen molar-refractivity contribution >= 4 is 31.2 Å². The van der Waals surface area contributed by atoms with E-state index < -0.39 is 66.2 Å². The molecular weight excluding hydrogens is 547 g/mol. The molecule has 11 heteroatoms. The number of hydrogen-bond acceptors (Lipinski definition) is 7. The van der Waals surface area contributed by atoms with Crippen LogP contribution in [0.2, 0.25) is 0 Å². The monoisotopic (exact) mass is 587 g/mol. The van der Waals surface area contributed by atoms with Crippen LogP contribution >= 0.6 is 7.37 Å². The Morgan fingerprint density at radius 1 is 1.05 bits per heavy atom. The lowest BCUT2D eigenvalue weighted by molar-refractivity contribution is -0.791. The van der Waals surface area contributed by atoms with E-state index in [1.807, 2.05) is 30.3 Å². The van der Waals surface area contributed by atoms with Crippen LogP contribution in [0.4, 0.5) is 4.79 Å². The lowest BCUT2D eigenvalue weighted by Gasteiger charge is -2.32. The summed E-state index contributed by atoms with van der Waals surface area (Å²) in [5.74, 6) is -1.72. The van der Waals surface area contributed by atoms with Crippen LogP contribution < -0.4 is 5.32 Å². The highest BCUT2D eigenvalue weighted by molar-refractivity contribution is 7.60. The quantitative estimate of drug-likeness (QED) is 0.161. The van der Waals surface area contributed by atoms with Gasteiger partial charge in [-0.2, -0.15) is 9.28 Å². The van der Waals surface area contributed by atoms with Gasteiger partial charge in [0.25, 0.3) is 5.91 Å². The summed E-state index contributed by atoms with van der Waals surface area (Å²) in [7, 11) is -4.01. The van der Waals surface area contributed by atoms with Gasteiger partial charge < -0.3 is 15.2 Å². The summed E-state index contributed by atoms with van der Waals surface area (Å²) in [5.41, 5.74) is 0.412. The highest BCUT2D eigenvalue weighted by Crippen LogP contribution is 2.49. The number of esters is 1. The summed E-state index contributed by atoms with van der Waals surface area (Å²) >= 11 is 0. The van der Waals surface area contributed by atoms with Gasteiger partial charge in [-0.05, 0) is 51.8 Å². The average molecular weight is 588 g/mol. The molecule has 10 nitrogen and oxygen atoms in total. The van der Waals surface area contributed by atoms with Crippen molar-refractivity contribution in [2.45, 2.75) is 59.0 Å². The maximum atomic E-state index is 14.4. The maximum Gasteiger partial charge on any atom is 0.521 e. The van der Waals surface area contributed by atoms with Gasteiger partial charge in [-0.15, -0.1) is 0 Å². The number of rotatable bonds is 11. The highest BCUT2D eigenvalue weighted by Gasteiger charge is 2.54. The molecule has 4 atom stereocenters. The second-order valence-electron chi connectivity index (χ2n) is 11.6. The zero-order valence-electron chi connectivity index (χ0n) is 24.1. The number of nitrogens with one attached hydrogen (secondary N) is 1. The largest absolute Gasteiger partial charge is 0.521 e. The molecule has 222 valence electrons. The van der Waals surface area contributed by atoms with Crippen LogP contribution in [0.3, 0.4) is 0 Å². The van der Waals surface area contributed by atoms with E-state index in [2.05, 4.69) is 5.32 Å². The fraction of sp³-hybridized carbons (Fsp3) is 0.467. The molecule has 41 heavy (non-hydrogen) atoms. The molecule has 0 saturated carbocycles. The van der Waals surface area contributed by atoms with Crippen molar-refractivity contribution in [2.24, 2.45) is 5.41 Å². The minimum absolute atomic E-state index is 0.0898. The first kappa shape index (κ1) is 32.2. The Morgan fingerprint density at radius 2 is 1.66 bits per heavy atom. The second kappa shape index (κ2) is 13.6. The Balaban J connectivity index is 1.91. The van der Waals surface area contributed by atoms with Gasteiger partial charge in [-0.3, -0.25) is 18.7 Å². The Bertz CT molecular complexity index is 1280. The molecule has 3 unspecified atom stereocenters. The van der Waals surface area contributed by atoms with Crippen LogP contribution in [0.1, 0.15) is 56.5 Å². The predicted molar refractivity (Wildman–Crippen MR) is 154 cm³/mol. The fourth-order valence-corrected chi connectivity index (χ4v) is 7.11. The number of ether oxygens (including phenoxy) is 1. The molecule has 0 spiro atoms. The van der Waals surface area contributed by atoms with E-state index in [1.54, 1.807) is 58.0 Å². The first-order chi connectivity index (χ1) is 19.3. The van der Waals surface area contributed by atoms with E-state index in [1.165, 1.54) is 0 Å². The first-order valence-corrected chi connectivity index (χ1v) is 15.7. The van der Waals surface area contributed by atoms with E-state index in [4.69, 9.17) is 9.26 Å². The van der Waals surface area contributed by atoms with Crippen molar-refractivity contribution in [2.75, 3.05) is 25.7 Å². The van der Waals surface area contributed by atoms with Gasteiger partial charge in [0.15, 0.2) is 6.79 Å². The number of quaternary nitrogens is 1. The number of nitrogens with zero attached hydrogens (tertiary/aromatic N) is 1. The summed E-state index contributed by atoms with van der Waals surface area (Å²) in [6, 6.07) is 16.6. The molecule has 0 aromatic heterocycles. The van der Waals surface area contributed by atoms with Crippen molar-refractivity contribution in [3.63, 3.8) is 0 Å². The van der Waals surface area contributed by atoms with Gasteiger partial charge in [0.2, 0.25) is 7.37 Å². The molecule has 1 aliphatic rings. The molecule has 3 amide bonds. The molecule has 1 heterocycles. The minimum atomic E-state index is -4.01. The molecule has 2 N–H and O–H groups in total. The third-order valence-electron chi connectivity index (χ3n) is 7.33. The van der Waals surface area contributed by atoms with Crippen molar-refractivity contribution in [3.05, 3.63) is 71.8 Å². The van der Waals surface area contributed by atoms with Crippen molar-refractivity contribution in [1.29, 1.82) is 0 Å². The topological polar surface area (TPSA) is 136 Å². The normalized spacial score (nSPS) is 20.9. The molecule has 2 aromatic carbocycles.